The highest BCUT2D eigenvalue weighted by Gasteiger charge is 2.33. The van der Waals surface area contributed by atoms with Crippen LogP contribution in [0.5, 0.6) is 11.6 Å². The molecule has 1 aromatic heterocycles. The molecule has 2 N–H and O–H groups in total. The number of pyridine rings is 1. The Morgan fingerprint density at radius 1 is 1.44 bits per heavy atom. The molecule has 0 aliphatic heterocycles. The monoisotopic (exact) mass is 398 g/mol. The van der Waals surface area contributed by atoms with Gasteiger partial charge in [-0.1, -0.05) is 0 Å². The van der Waals surface area contributed by atoms with E-state index in [2.05, 4.69) is 9.72 Å². The van der Waals surface area contributed by atoms with Crippen LogP contribution in [0.15, 0.2) is 11.1 Å². The molecule has 0 aliphatic carbocycles. The van der Waals surface area contributed by atoms with Crippen LogP contribution in [0.3, 0.4) is 0 Å². The Labute approximate surface area is 113 Å². The van der Waals surface area contributed by atoms with Gasteiger partial charge in [-0.05, 0) is 22.6 Å². The molecule has 0 bridgehead atoms. The fraction of sp³-hybridized carbons (Fsp3) is 0.286. The van der Waals surface area contributed by atoms with Gasteiger partial charge >= 0.3 is 6.36 Å². The SMILES string of the molecule is COc1c(I)cc(OC(F)(F)F)nc1S(N)(=O)=O. The maximum absolute atomic E-state index is 12.0. The van der Waals surface area contributed by atoms with Crippen LogP contribution in [0.2, 0.25) is 0 Å². The van der Waals surface area contributed by atoms with E-state index in [0.29, 0.717) is 0 Å². The van der Waals surface area contributed by atoms with Crippen molar-refractivity contribution in [2.45, 2.75) is 11.4 Å². The normalized spacial score (nSPS) is 12.3. The number of primary sulfonamides is 1. The minimum absolute atomic E-state index is 0.0633. The van der Waals surface area contributed by atoms with Crippen LogP contribution in [0.1, 0.15) is 0 Å². The number of sulfonamides is 1. The maximum Gasteiger partial charge on any atom is 0.574 e. The number of nitrogens with zero attached hydrogens (tertiary/aromatic N) is 1. The summed E-state index contributed by atoms with van der Waals surface area (Å²) in [6.07, 6.45) is -4.99. The van der Waals surface area contributed by atoms with Gasteiger partial charge in [0.25, 0.3) is 10.0 Å². The number of methoxy groups -OCH3 is 1. The van der Waals surface area contributed by atoms with E-state index in [1.54, 1.807) is 22.6 Å². The van der Waals surface area contributed by atoms with E-state index in [-0.39, 0.29) is 9.32 Å². The van der Waals surface area contributed by atoms with E-state index in [9.17, 15) is 21.6 Å². The Hall–Kier alpha value is -0.820. The molecule has 0 fully saturated rings. The van der Waals surface area contributed by atoms with Crippen molar-refractivity contribution in [3.8, 4) is 11.6 Å². The van der Waals surface area contributed by atoms with Crippen LogP contribution in [-0.2, 0) is 10.0 Å². The second-order valence-corrected chi connectivity index (χ2v) is 5.51. The molecule has 0 saturated carbocycles. The Morgan fingerprint density at radius 3 is 2.39 bits per heavy atom. The molecule has 0 amide bonds. The average Bonchev–Trinajstić information content (AvgIpc) is 2.12. The first-order valence-corrected chi connectivity index (χ1v) is 6.70. The van der Waals surface area contributed by atoms with Crippen LogP contribution in [0.25, 0.3) is 0 Å². The first-order chi connectivity index (χ1) is 8.04. The summed E-state index contributed by atoms with van der Waals surface area (Å²) < 4.78 is 66.7. The number of rotatable bonds is 3. The molecule has 0 unspecified atom stereocenters. The van der Waals surface area contributed by atoms with Crippen molar-refractivity contribution in [3.63, 3.8) is 0 Å². The molecule has 0 radical (unpaired) electrons. The summed E-state index contributed by atoms with van der Waals surface area (Å²) in [5, 5.41) is 4.00. The highest BCUT2D eigenvalue weighted by Crippen LogP contribution is 2.32. The molecule has 1 rings (SSSR count). The Kier molecular flexibility index (Phi) is 4.27. The van der Waals surface area contributed by atoms with E-state index in [1.165, 1.54) is 0 Å². The second-order valence-electron chi connectivity index (χ2n) is 2.87. The van der Waals surface area contributed by atoms with Gasteiger partial charge in [0, 0.05) is 6.07 Å². The predicted octanol–water partition coefficient (Wildman–Crippen LogP) is 1.24. The quantitative estimate of drug-likeness (QED) is 0.774. The van der Waals surface area contributed by atoms with Crippen molar-refractivity contribution in [1.82, 2.24) is 4.98 Å². The zero-order valence-electron chi connectivity index (χ0n) is 8.66. The van der Waals surface area contributed by atoms with Crippen LogP contribution in [0.4, 0.5) is 13.2 Å². The number of nitrogens with two attached hydrogens (primary N) is 1. The molecule has 1 aromatic rings. The summed E-state index contributed by atoms with van der Waals surface area (Å²) in [7, 11) is -3.20. The number of halogens is 4. The lowest BCUT2D eigenvalue weighted by molar-refractivity contribution is -0.276. The molecule has 0 atom stereocenters. The lowest BCUT2D eigenvalue weighted by atomic mass is 10.4. The summed E-state index contributed by atoms with van der Waals surface area (Å²) in [5.41, 5.74) is 0. The van der Waals surface area contributed by atoms with E-state index in [4.69, 9.17) is 9.88 Å². The van der Waals surface area contributed by atoms with Crippen molar-refractivity contribution < 1.29 is 31.1 Å². The maximum atomic E-state index is 12.0. The molecule has 0 spiro atoms. The molecular formula is C7H6F3IN2O4S. The van der Waals surface area contributed by atoms with Gasteiger partial charge in [-0.15, -0.1) is 13.2 Å². The van der Waals surface area contributed by atoms with Gasteiger partial charge in [0.05, 0.1) is 10.7 Å². The van der Waals surface area contributed by atoms with Gasteiger partial charge in [-0.25, -0.2) is 13.6 Å². The first kappa shape index (κ1) is 15.2. The van der Waals surface area contributed by atoms with Crippen molar-refractivity contribution in [1.29, 1.82) is 0 Å². The van der Waals surface area contributed by atoms with Crippen molar-refractivity contribution in [2.75, 3.05) is 7.11 Å². The molecule has 0 aliphatic rings. The van der Waals surface area contributed by atoms with Crippen molar-refractivity contribution in [3.05, 3.63) is 9.64 Å². The Bertz CT molecular complexity index is 561. The average molecular weight is 398 g/mol. The molecule has 102 valence electrons. The summed E-state index contributed by atoms with van der Waals surface area (Å²) in [4.78, 5) is 3.18. The van der Waals surface area contributed by atoms with E-state index in [1.807, 2.05) is 0 Å². The topological polar surface area (TPSA) is 91.5 Å². The van der Waals surface area contributed by atoms with E-state index in [0.717, 1.165) is 13.2 Å². The standard InChI is InChI=1S/C7H6F3IN2O4S/c1-16-5-3(11)2-4(17-7(8,9)10)13-6(5)18(12,14)15/h2H,1H3,(H2,12,14,15). The molecule has 1 heterocycles. The van der Waals surface area contributed by atoms with Crippen LogP contribution in [-0.4, -0.2) is 26.9 Å². The number of aromatic nitrogens is 1. The lowest BCUT2D eigenvalue weighted by Crippen LogP contribution is -2.21. The highest BCUT2D eigenvalue weighted by molar-refractivity contribution is 14.1. The zero-order valence-corrected chi connectivity index (χ0v) is 11.6. The van der Waals surface area contributed by atoms with Crippen LogP contribution < -0.4 is 14.6 Å². The smallest absolute Gasteiger partial charge is 0.493 e. The second kappa shape index (κ2) is 5.05. The highest BCUT2D eigenvalue weighted by atomic mass is 127. The Morgan fingerprint density at radius 2 is 2.00 bits per heavy atom. The van der Waals surface area contributed by atoms with Crippen LogP contribution in [0, 0.1) is 3.57 Å². The van der Waals surface area contributed by atoms with Gasteiger partial charge in [-0.3, -0.25) is 0 Å². The number of hydrogen-bond donors (Lipinski definition) is 1. The van der Waals surface area contributed by atoms with Gasteiger partial charge < -0.3 is 9.47 Å². The van der Waals surface area contributed by atoms with Gasteiger partial charge in [0.1, 0.15) is 0 Å². The number of hydrogen-bond acceptors (Lipinski definition) is 5. The van der Waals surface area contributed by atoms with Crippen molar-refractivity contribution >= 4 is 32.6 Å². The van der Waals surface area contributed by atoms with Gasteiger partial charge in [0.2, 0.25) is 10.9 Å². The van der Waals surface area contributed by atoms with Gasteiger partial charge in [-0.2, -0.15) is 4.98 Å². The number of alkyl halides is 3. The molecule has 11 heteroatoms. The van der Waals surface area contributed by atoms with Crippen LogP contribution >= 0.6 is 22.6 Å². The third-order valence-electron chi connectivity index (χ3n) is 1.57. The zero-order chi connectivity index (χ0) is 14.1. The van der Waals surface area contributed by atoms with Gasteiger partial charge in [0.15, 0.2) is 5.75 Å². The van der Waals surface area contributed by atoms with E-state index < -0.39 is 27.3 Å². The summed E-state index contributed by atoms with van der Waals surface area (Å²) in [6.45, 7) is 0. The summed E-state index contributed by atoms with van der Waals surface area (Å²) >= 11 is 1.57. The molecule has 0 saturated heterocycles. The minimum Gasteiger partial charge on any atom is -0.493 e. The summed E-state index contributed by atoms with van der Waals surface area (Å²) in [6, 6.07) is 0.877. The predicted molar refractivity (Wildman–Crippen MR) is 61.6 cm³/mol. The molecule has 6 nitrogen and oxygen atoms in total. The third kappa shape index (κ3) is 3.84. The lowest BCUT2D eigenvalue weighted by Gasteiger charge is -2.12. The first-order valence-electron chi connectivity index (χ1n) is 4.07. The Balaban J connectivity index is 3.41. The third-order valence-corrected chi connectivity index (χ3v) is 3.18. The molecule has 0 aromatic carbocycles. The largest absolute Gasteiger partial charge is 0.574 e. The molecular weight excluding hydrogens is 392 g/mol. The fourth-order valence-electron chi connectivity index (χ4n) is 1.01. The minimum atomic E-state index is -4.99. The summed E-state index contributed by atoms with van der Waals surface area (Å²) in [5.74, 6) is -1.18. The number of ether oxygens (including phenoxy) is 2. The van der Waals surface area contributed by atoms with E-state index >= 15 is 0 Å². The van der Waals surface area contributed by atoms with Crippen molar-refractivity contribution in [2.24, 2.45) is 5.14 Å². The molecule has 18 heavy (non-hydrogen) atoms. The fourth-order valence-corrected chi connectivity index (χ4v) is 2.60.